The van der Waals surface area contributed by atoms with Gasteiger partial charge in [0.25, 0.3) is 0 Å². The van der Waals surface area contributed by atoms with Crippen LogP contribution < -0.4 is 0 Å². The molecule has 0 aromatic carbocycles. The van der Waals surface area contributed by atoms with Gasteiger partial charge in [0.15, 0.2) is 0 Å². The van der Waals surface area contributed by atoms with Gasteiger partial charge in [0.2, 0.25) is 0 Å². The van der Waals surface area contributed by atoms with Crippen molar-refractivity contribution in [2.24, 2.45) is 0 Å². The van der Waals surface area contributed by atoms with E-state index < -0.39 is 16.1 Å². The van der Waals surface area contributed by atoms with E-state index in [-0.39, 0.29) is 17.1 Å². The Kier molecular flexibility index (Phi) is 3.38. The number of hydrogen-bond donors (Lipinski definition) is 0. The first-order valence-corrected chi connectivity index (χ1v) is 13.1. The molecule has 0 radical (unpaired) electrons. The van der Waals surface area contributed by atoms with Crippen LogP contribution in [0.3, 0.4) is 0 Å². The van der Waals surface area contributed by atoms with Crippen LogP contribution in [0.15, 0.2) is 17.5 Å². The van der Waals surface area contributed by atoms with Crippen LogP contribution in [0.25, 0.3) is 0 Å². The highest BCUT2D eigenvalue weighted by Crippen LogP contribution is 2.58. The van der Waals surface area contributed by atoms with Gasteiger partial charge in [0.1, 0.15) is 11.1 Å². The topological polar surface area (TPSA) is 26.3 Å². The summed E-state index contributed by atoms with van der Waals surface area (Å²) < 4.78 is 5.29. The molecule has 0 bridgehead atoms. The van der Waals surface area contributed by atoms with Crippen molar-refractivity contribution in [1.29, 1.82) is 0 Å². The summed E-state index contributed by atoms with van der Waals surface area (Å²) in [7, 11) is -3.33. The van der Waals surface area contributed by atoms with Crippen molar-refractivity contribution >= 4 is 22.1 Å². The number of carbonyl (C=O) groups is 1. The van der Waals surface area contributed by atoms with Gasteiger partial charge in [-0.25, -0.2) is 0 Å². The van der Waals surface area contributed by atoms with E-state index in [1.165, 1.54) is 0 Å². The predicted molar refractivity (Wildman–Crippen MR) is 77.6 cm³/mol. The molecule has 4 heteroatoms. The first kappa shape index (κ1) is 14.5. The van der Waals surface area contributed by atoms with Crippen molar-refractivity contribution in [1.82, 2.24) is 0 Å². The Bertz CT molecular complexity index is 395. The Hall–Kier alpha value is -0.576. The summed E-state index contributed by atoms with van der Waals surface area (Å²) in [5.74, 6) is -0.0438. The molecule has 1 rings (SSSR count). The lowest BCUT2D eigenvalue weighted by Gasteiger charge is -2.55. The van der Waals surface area contributed by atoms with Crippen molar-refractivity contribution < 1.29 is 9.53 Å². The van der Waals surface area contributed by atoms with Crippen molar-refractivity contribution in [3.05, 3.63) is 17.5 Å². The summed E-state index contributed by atoms with van der Waals surface area (Å²) in [6.07, 6.45) is -0.0161. The largest absolute Gasteiger partial charge is 0.461 e. The maximum Gasteiger partial charge on any atom is 0.317 e. The highest BCUT2D eigenvalue weighted by Gasteiger charge is 2.66. The predicted octanol–water partition coefficient (Wildman–Crippen LogP) is 3.60. The number of rotatable bonds is 3. The van der Waals surface area contributed by atoms with Crippen LogP contribution in [0.2, 0.25) is 44.3 Å². The normalized spacial score (nSPS) is 29.1. The van der Waals surface area contributed by atoms with E-state index in [0.717, 1.165) is 5.20 Å². The van der Waals surface area contributed by atoms with Crippen LogP contribution in [0.1, 0.15) is 6.92 Å². The van der Waals surface area contributed by atoms with Crippen molar-refractivity contribution in [3.63, 3.8) is 0 Å². The molecule has 0 amide bonds. The van der Waals surface area contributed by atoms with Crippen molar-refractivity contribution in [2.45, 2.75) is 57.3 Å². The lowest BCUT2D eigenvalue weighted by molar-refractivity contribution is -0.175. The van der Waals surface area contributed by atoms with Crippen molar-refractivity contribution in [2.75, 3.05) is 0 Å². The summed E-state index contributed by atoms with van der Waals surface area (Å²) in [4.78, 5) is 12.2. The molecule has 1 heterocycles. The molecule has 0 saturated carbocycles. The summed E-state index contributed by atoms with van der Waals surface area (Å²) in [5.41, 5.74) is 3.11. The maximum atomic E-state index is 12.2. The molecule has 0 N–H and O–H groups in total. The zero-order valence-electron chi connectivity index (χ0n) is 12.1. The Morgan fingerprint density at radius 1 is 1.29 bits per heavy atom. The summed E-state index contributed by atoms with van der Waals surface area (Å²) in [5, 5.41) is 0.770. The third kappa shape index (κ3) is 1.88. The molecule has 96 valence electrons. The average Bonchev–Trinajstić information content (AvgIpc) is 2.09. The zero-order chi connectivity index (χ0) is 13.6. The minimum atomic E-state index is -1.72. The fourth-order valence-corrected chi connectivity index (χ4v) is 10.1. The number of ether oxygens (including phenoxy) is 1. The number of esters is 1. The van der Waals surface area contributed by atoms with Gasteiger partial charge >= 0.3 is 5.97 Å². The smallest absolute Gasteiger partial charge is 0.317 e. The van der Waals surface area contributed by atoms with Crippen LogP contribution >= 0.6 is 0 Å². The minimum Gasteiger partial charge on any atom is -0.461 e. The Morgan fingerprint density at radius 3 is 1.88 bits per heavy atom. The molecular weight excluding hydrogens is 244 g/mol. The highest BCUT2D eigenvalue weighted by atomic mass is 28.3. The number of carbonyl (C=O) groups excluding carboxylic acids is 1. The molecule has 0 aromatic heterocycles. The summed E-state index contributed by atoms with van der Waals surface area (Å²) >= 11 is 0. The molecule has 17 heavy (non-hydrogen) atoms. The molecule has 2 atom stereocenters. The first-order valence-electron chi connectivity index (χ1n) is 6.11. The maximum absolute atomic E-state index is 12.2. The Morgan fingerprint density at radius 2 is 1.76 bits per heavy atom. The van der Waals surface area contributed by atoms with E-state index in [0.29, 0.717) is 0 Å². The molecule has 1 aliphatic rings. The van der Waals surface area contributed by atoms with Gasteiger partial charge in [-0.05, 0) is 12.1 Å². The Balaban J connectivity index is 3.48. The van der Waals surface area contributed by atoms with E-state index in [1.54, 1.807) is 0 Å². The molecule has 0 aromatic rings. The highest BCUT2D eigenvalue weighted by molar-refractivity contribution is 6.91. The molecule has 2 nitrogen and oxygen atoms in total. The van der Waals surface area contributed by atoms with Crippen LogP contribution in [0.4, 0.5) is 0 Å². The standard InChI is InChI=1S/C13H24O2Si2/c1-9-11(16(3,4)5)13(17(6,7)8)10(2)15-12(13)14/h10H,1H2,2-8H3. The van der Waals surface area contributed by atoms with Gasteiger partial charge in [-0.3, -0.25) is 4.79 Å². The fourth-order valence-electron chi connectivity index (χ4n) is 3.04. The van der Waals surface area contributed by atoms with Gasteiger partial charge in [-0.2, -0.15) is 0 Å². The fraction of sp³-hybridized carbons (Fsp3) is 0.692. The second-order valence-electron chi connectivity index (χ2n) is 6.91. The molecule has 0 aliphatic carbocycles. The quantitative estimate of drug-likeness (QED) is 0.444. The molecule has 2 unspecified atom stereocenters. The average molecular weight is 269 g/mol. The van der Waals surface area contributed by atoms with Gasteiger partial charge in [-0.1, -0.05) is 45.9 Å². The third-order valence-electron chi connectivity index (χ3n) is 3.72. The molecular formula is C13H24O2Si2. The zero-order valence-corrected chi connectivity index (χ0v) is 14.1. The van der Waals surface area contributed by atoms with E-state index >= 15 is 0 Å². The van der Waals surface area contributed by atoms with Gasteiger partial charge in [0, 0.05) is 0 Å². The first-order chi connectivity index (χ1) is 7.49. The summed E-state index contributed by atoms with van der Waals surface area (Å²) in [6.45, 7) is 19.3. The lowest BCUT2D eigenvalue weighted by Crippen LogP contribution is -2.65. The molecule has 1 aliphatic heterocycles. The number of hydrogen-bond acceptors (Lipinski definition) is 2. The van der Waals surface area contributed by atoms with Crippen LogP contribution in [-0.2, 0) is 9.53 Å². The molecule has 0 spiro atoms. The second-order valence-corrected chi connectivity index (χ2v) is 17.2. The molecule has 1 saturated heterocycles. The van der Waals surface area contributed by atoms with E-state index in [9.17, 15) is 4.79 Å². The third-order valence-corrected chi connectivity index (χ3v) is 9.27. The second kappa shape index (κ2) is 3.97. The van der Waals surface area contributed by atoms with Gasteiger partial charge in [-0.15, -0.1) is 5.73 Å². The molecule has 1 fully saturated rings. The van der Waals surface area contributed by atoms with Gasteiger partial charge < -0.3 is 4.74 Å². The Labute approximate surface area is 107 Å². The van der Waals surface area contributed by atoms with Crippen LogP contribution in [0.5, 0.6) is 0 Å². The lowest BCUT2D eigenvalue weighted by atomic mass is 9.96. The number of cyclic esters (lactones) is 1. The van der Waals surface area contributed by atoms with Crippen molar-refractivity contribution in [3.8, 4) is 0 Å². The van der Waals surface area contributed by atoms with Crippen LogP contribution in [-0.4, -0.2) is 28.2 Å². The minimum absolute atomic E-state index is 0.0161. The van der Waals surface area contributed by atoms with Crippen LogP contribution in [0, 0.1) is 0 Å². The van der Waals surface area contributed by atoms with E-state index in [2.05, 4.69) is 51.6 Å². The van der Waals surface area contributed by atoms with E-state index in [1.807, 2.05) is 6.92 Å². The van der Waals surface area contributed by atoms with E-state index in [4.69, 9.17) is 4.74 Å². The summed E-state index contributed by atoms with van der Waals surface area (Å²) in [6, 6.07) is 0. The monoisotopic (exact) mass is 268 g/mol. The van der Waals surface area contributed by atoms with Gasteiger partial charge in [0.05, 0.1) is 16.1 Å². The SMILES string of the molecule is C=C=C(C1([Si](C)(C)C)C(=O)OC1C)[Si](C)(C)C.